The lowest BCUT2D eigenvalue weighted by molar-refractivity contribution is -0.135. The summed E-state index contributed by atoms with van der Waals surface area (Å²) in [4.78, 5) is 43.7. The summed E-state index contributed by atoms with van der Waals surface area (Å²) in [5.74, 6) is 0.133. The fourth-order valence-electron chi connectivity index (χ4n) is 5.21. The highest BCUT2D eigenvalue weighted by atomic mass is 35.5. The zero-order valence-electron chi connectivity index (χ0n) is 21.4. The number of piperidine rings is 1. The van der Waals surface area contributed by atoms with Crippen LogP contribution in [0.3, 0.4) is 0 Å². The van der Waals surface area contributed by atoms with Crippen molar-refractivity contribution in [1.29, 1.82) is 0 Å². The van der Waals surface area contributed by atoms with Crippen LogP contribution in [0.2, 0.25) is 5.02 Å². The Morgan fingerprint density at radius 3 is 2.67 bits per heavy atom. The number of ether oxygens (including phenoxy) is 2. The average molecular weight is 522 g/mol. The Morgan fingerprint density at radius 2 is 2.00 bits per heavy atom. The number of anilines is 1. The second-order valence-corrected chi connectivity index (χ2v) is 10.7. The van der Waals surface area contributed by atoms with E-state index < -0.39 is 5.60 Å². The Kier molecular flexibility index (Phi) is 7.56. The second kappa shape index (κ2) is 10.3. The van der Waals surface area contributed by atoms with Crippen molar-refractivity contribution in [1.82, 2.24) is 20.0 Å². The highest BCUT2D eigenvalue weighted by Crippen LogP contribution is 2.44. The molecule has 10 nitrogen and oxygen atoms in total. The molecule has 1 aromatic carbocycles. The number of likely N-dealkylation sites (tertiary alicyclic amines) is 1. The van der Waals surface area contributed by atoms with Gasteiger partial charge in [0, 0.05) is 64.8 Å². The number of methoxy groups -OCH3 is 1. The number of hydrogen-bond donors (Lipinski definition) is 2. The van der Waals surface area contributed by atoms with Gasteiger partial charge >= 0.3 is 6.03 Å². The first-order chi connectivity index (χ1) is 17.0. The number of amides is 4. The van der Waals surface area contributed by atoms with E-state index in [4.69, 9.17) is 26.8 Å². The molecular formula is C25H36ClN5O5. The van der Waals surface area contributed by atoms with E-state index in [-0.39, 0.29) is 36.4 Å². The molecule has 1 aromatic rings. The van der Waals surface area contributed by atoms with Gasteiger partial charge in [-0.25, -0.2) is 4.79 Å². The molecule has 11 heteroatoms. The normalized spacial score (nSPS) is 23.0. The number of nitrogens with one attached hydrogen (secondary N) is 1. The number of carbonyl (C=O) groups is 3. The third-order valence-corrected chi connectivity index (χ3v) is 7.60. The Labute approximate surface area is 217 Å². The van der Waals surface area contributed by atoms with Gasteiger partial charge in [-0.15, -0.1) is 0 Å². The zero-order chi connectivity index (χ0) is 26.2. The molecule has 2 saturated heterocycles. The maximum atomic E-state index is 13.3. The molecule has 0 bridgehead atoms. The summed E-state index contributed by atoms with van der Waals surface area (Å²) in [6, 6.07) is 1.25. The average Bonchev–Trinajstić information content (AvgIpc) is 3.37. The van der Waals surface area contributed by atoms with Crippen molar-refractivity contribution in [2.45, 2.75) is 57.8 Å². The van der Waals surface area contributed by atoms with E-state index in [0.29, 0.717) is 74.1 Å². The summed E-state index contributed by atoms with van der Waals surface area (Å²) in [5.41, 5.74) is 7.21. The maximum Gasteiger partial charge on any atom is 0.320 e. The van der Waals surface area contributed by atoms with Crippen LogP contribution < -0.4 is 15.8 Å². The fraction of sp³-hybridized carbons (Fsp3) is 0.640. The van der Waals surface area contributed by atoms with E-state index in [0.717, 1.165) is 5.56 Å². The van der Waals surface area contributed by atoms with Crippen LogP contribution in [0, 0.1) is 0 Å². The minimum absolute atomic E-state index is 0.0110. The van der Waals surface area contributed by atoms with Crippen LogP contribution in [0.25, 0.3) is 0 Å². The van der Waals surface area contributed by atoms with Crippen LogP contribution in [0.4, 0.5) is 10.5 Å². The van der Waals surface area contributed by atoms with Gasteiger partial charge in [0.25, 0.3) is 5.91 Å². The van der Waals surface area contributed by atoms with Crippen LogP contribution >= 0.6 is 11.6 Å². The summed E-state index contributed by atoms with van der Waals surface area (Å²) in [5, 5.41) is 3.38. The Morgan fingerprint density at radius 1 is 1.28 bits per heavy atom. The molecule has 36 heavy (non-hydrogen) atoms. The minimum Gasteiger partial charge on any atom is -0.486 e. The maximum absolute atomic E-state index is 13.3. The summed E-state index contributed by atoms with van der Waals surface area (Å²) >= 11 is 6.33. The van der Waals surface area contributed by atoms with Crippen molar-refractivity contribution in [3.63, 3.8) is 0 Å². The van der Waals surface area contributed by atoms with Gasteiger partial charge < -0.3 is 35.2 Å². The number of nitrogen functional groups attached to an aromatic ring is 1. The molecule has 2 atom stereocenters. The van der Waals surface area contributed by atoms with E-state index in [1.807, 2.05) is 20.8 Å². The summed E-state index contributed by atoms with van der Waals surface area (Å²) in [7, 11) is 1.57. The lowest BCUT2D eigenvalue weighted by Crippen LogP contribution is -2.56. The van der Waals surface area contributed by atoms with Crippen molar-refractivity contribution >= 4 is 35.1 Å². The molecule has 3 heterocycles. The molecule has 3 aliphatic heterocycles. The standard InChI is InChI=1S/C25H36ClN5O5/c1-5-29-10-11-30(24(29)34)9-7-20(32)31-8-6-18(19(14-31)35-4)28-23(33)15-12-17(26)21(27)16-13-25(2,3)36-22(15)16/h12,18-19H,5-11,13-14,27H2,1-4H3,(H,28,33)/t18-,19+/m1/s1. The van der Waals surface area contributed by atoms with E-state index in [2.05, 4.69) is 5.32 Å². The van der Waals surface area contributed by atoms with Gasteiger partial charge in [-0.05, 0) is 33.3 Å². The SMILES string of the molecule is CCN1CCN(CCC(=O)N2CC[C@@H](NC(=O)c3cc(Cl)c(N)c4c3OC(C)(C)C4)[C@@H](OC)C2)C1=O. The molecular weight excluding hydrogens is 486 g/mol. The number of rotatable bonds is 7. The first-order valence-corrected chi connectivity index (χ1v) is 12.9. The number of fused-ring (bicyclic) bond motifs is 1. The minimum atomic E-state index is -0.481. The number of nitrogens with zero attached hydrogens (tertiary/aromatic N) is 3. The smallest absolute Gasteiger partial charge is 0.320 e. The van der Waals surface area contributed by atoms with Crippen molar-refractivity contribution in [2.75, 3.05) is 52.1 Å². The molecule has 198 valence electrons. The predicted molar refractivity (Wildman–Crippen MR) is 136 cm³/mol. The predicted octanol–water partition coefficient (Wildman–Crippen LogP) is 2.13. The Balaban J connectivity index is 1.37. The molecule has 3 N–H and O–H groups in total. The van der Waals surface area contributed by atoms with Gasteiger partial charge in [-0.3, -0.25) is 9.59 Å². The number of benzene rings is 1. The molecule has 0 aromatic heterocycles. The van der Waals surface area contributed by atoms with E-state index >= 15 is 0 Å². The van der Waals surface area contributed by atoms with E-state index in [9.17, 15) is 14.4 Å². The third-order valence-electron chi connectivity index (χ3n) is 7.29. The van der Waals surface area contributed by atoms with Gasteiger partial charge in [0.2, 0.25) is 5.91 Å². The largest absolute Gasteiger partial charge is 0.486 e. The molecule has 3 aliphatic rings. The van der Waals surface area contributed by atoms with Gasteiger partial charge in [-0.1, -0.05) is 11.6 Å². The first kappa shape index (κ1) is 26.3. The van der Waals surface area contributed by atoms with Gasteiger partial charge in [-0.2, -0.15) is 0 Å². The van der Waals surface area contributed by atoms with E-state index in [1.54, 1.807) is 27.9 Å². The summed E-state index contributed by atoms with van der Waals surface area (Å²) in [6.07, 6.45) is 1.00. The molecule has 0 aliphatic carbocycles. The molecule has 0 radical (unpaired) electrons. The number of likely N-dealkylation sites (N-methyl/N-ethyl adjacent to an activating group) is 1. The molecule has 2 fully saturated rings. The lowest BCUT2D eigenvalue weighted by atomic mass is 9.97. The van der Waals surface area contributed by atoms with Crippen molar-refractivity contribution in [2.24, 2.45) is 0 Å². The van der Waals surface area contributed by atoms with Crippen LogP contribution in [0.5, 0.6) is 5.75 Å². The Bertz CT molecular complexity index is 1050. The zero-order valence-corrected chi connectivity index (χ0v) is 22.2. The summed E-state index contributed by atoms with van der Waals surface area (Å²) in [6.45, 7) is 9.10. The van der Waals surface area contributed by atoms with Gasteiger partial charge in [0.05, 0.1) is 28.4 Å². The molecule has 4 rings (SSSR count). The number of urea groups is 1. The van der Waals surface area contributed by atoms with Crippen molar-refractivity contribution in [3.05, 3.63) is 22.2 Å². The third kappa shape index (κ3) is 5.20. The Hall–Kier alpha value is -2.72. The molecule has 0 unspecified atom stereocenters. The molecule has 0 saturated carbocycles. The fourth-order valence-corrected chi connectivity index (χ4v) is 5.44. The monoisotopic (exact) mass is 521 g/mol. The highest BCUT2D eigenvalue weighted by molar-refractivity contribution is 6.33. The van der Waals surface area contributed by atoms with Crippen LogP contribution in [0.1, 0.15) is 49.5 Å². The van der Waals surface area contributed by atoms with Gasteiger partial charge in [0.15, 0.2) is 0 Å². The van der Waals surface area contributed by atoms with Crippen molar-refractivity contribution < 1.29 is 23.9 Å². The molecule has 0 spiro atoms. The van der Waals surface area contributed by atoms with Crippen LogP contribution in [-0.4, -0.2) is 96.7 Å². The van der Waals surface area contributed by atoms with Crippen molar-refractivity contribution in [3.8, 4) is 5.75 Å². The lowest BCUT2D eigenvalue weighted by Gasteiger charge is -2.38. The quantitative estimate of drug-likeness (QED) is 0.531. The number of nitrogens with two attached hydrogens (primary N) is 1. The number of hydrogen-bond acceptors (Lipinski definition) is 6. The summed E-state index contributed by atoms with van der Waals surface area (Å²) < 4.78 is 11.7. The number of halogens is 1. The molecule has 4 amide bonds. The van der Waals surface area contributed by atoms with Gasteiger partial charge in [0.1, 0.15) is 11.4 Å². The number of carbonyl (C=O) groups excluding carboxylic acids is 3. The van der Waals surface area contributed by atoms with Crippen LogP contribution in [0.15, 0.2) is 6.07 Å². The van der Waals surface area contributed by atoms with Crippen LogP contribution in [-0.2, 0) is 16.0 Å². The highest BCUT2D eigenvalue weighted by Gasteiger charge is 2.38. The second-order valence-electron chi connectivity index (χ2n) is 10.2. The first-order valence-electron chi connectivity index (χ1n) is 12.5. The van der Waals surface area contributed by atoms with E-state index in [1.165, 1.54) is 0 Å². The topological polar surface area (TPSA) is 117 Å².